The van der Waals surface area contributed by atoms with Crippen LogP contribution in [0.1, 0.15) is 12.8 Å². The van der Waals surface area contributed by atoms with Gasteiger partial charge in [0.05, 0.1) is 4.47 Å². The molecular weight excluding hydrogens is 302 g/mol. The van der Waals surface area contributed by atoms with E-state index in [0.29, 0.717) is 31.9 Å². The van der Waals surface area contributed by atoms with Gasteiger partial charge in [-0.3, -0.25) is 0 Å². The van der Waals surface area contributed by atoms with E-state index >= 15 is 0 Å². The quantitative estimate of drug-likeness (QED) is 0.906. The molecule has 1 aromatic rings. The van der Waals surface area contributed by atoms with Gasteiger partial charge in [-0.05, 0) is 15.9 Å². The van der Waals surface area contributed by atoms with E-state index in [1.165, 1.54) is 7.11 Å². The van der Waals surface area contributed by atoms with Crippen LogP contribution in [0, 0.1) is 0 Å². The third kappa shape index (κ3) is 2.46. The number of carboxylic acids is 1. The number of rotatable bonds is 3. The Morgan fingerprint density at radius 2 is 2.00 bits per heavy atom. The van der Waals surface area contributed by atoms with E-state index in [9.17, 15) is 9.90 Å². The molecule has 0 atom stereocenters. The van der Waals surface area contributed by atoms with Gasteiger partial charge in [-0.15, -0.1) is 0 Å². The van der Waals surface area contributed by atoms with Crippen LogP contribution in [0.5, 0.6) is 0 Å². The van der Waals surface area contributed by atoms with Crippen molar-refractivity contribution < 1.29 is 14.6 Å². The van der Waals surface area contributed by atoms with E-state index < -0.39 is 11.6 Å². The summed E-state index contributed by atoms with van der Waals surface area (Å²) in [7, 11) is 1.44. The molecule has 0 unspecified atom stereocenters. The minimum absolute atomic E-state index is 0.429. The molecular formula is C11H14BrN3O3. The van der Waals surface area contributed by atoms with Gasteiger partial charge in [-0.1, -0.05) is 0 Å². The summed E-state index contributed by atoms with van der Waals surface area (Å²) in [5.41, 5.74) is -1.06. The molecule has 18 heavy (non-hydrogen) atoms. The highest BCUT2D eigenvalue weighted by atomic mass is 79.9. The fourth-order valence-electron chi connectivity index (χ4n) is 2.04. The lowest BCUT2D eigenvalue weighted by Crippen LogP contribution is -2.51. The van der Waals surface area contributed by atoms with E-state index in [0.717, 1.165) is 4.47 Å². The Balaban J connectivity index is 2.06. The Morgan fingerprint density at radius 3 is 2.44 bits per heavy atom. The highest BCUT2D eigenvalue weighted by molar-refractivity contribution is 9.10. The predicted molar refractivity (Wildman–Crippen MR) is 68.6 cm³/mol. The van der Waals surface area contributed by atoms with Crippen molar-refractivity contribution in [3.8, 4) is 0 Å². The second-order valence-corrected chi connectivity index (χ2v) is 5.11. The number of anilines is 1. The summed E-state index contributed by atoms with van der Waals surface area (Å²) in [6, 6.07) is 0. The van der Waals surface area contributed by atoms with E-state index in [2.05, 4.69) is 25.9 Å². The fraction of sp³-hybridized carbons (Fsp3) is 0.545. The molecule has 1 N–H and O–H groups in total. The van der Waals surface area contributed by atoms with Gasteiger partial charge in [-0.25, -0.2) is 14.8 Å². The van der Waals surface area contributed by atoms with Crippen molar-refractivity contribution in [2.45, 2.75) is 18.4 Å². The first-order valence-electron chi connectivity index (χ1n) is 5.58. The second-order valence-electron chi connectivity index (χ2n) is 4.19. The molecule has 2 rings (SSSR count). The molecule has 0 radical (unpaired) electrons. The van der Waals surface area contributed by atoms with Crippen molar-refractivity contribution >= 4 is 27.8 Å². The normalized spacial score (nSPS) is 18.7. The number of piperidine rings is 1. The lowest BCUT2D eigenvalue weighted by Gasteiger charge is -2.37. The average Bonchev–Trinajstić information content (AvgIpc) is 2.39. The Morgan fingerprint density at radius 1 is 1.44 bits per heavy atom. The molecule has 0 bridgehead atoms. The zero-order valence-electron chi connectivity index (χ0n) is 9.97. The Bertz CT molecular complexity index is 430. The summed E-state index contributed by atoms with van der Waals surface area (Å²) in [5.74, 6) is -0.283. The first kappa shape index (κ1) is 13.2. The number of carboxylic acid groups (broad SMARTS) is 1. The third-order valence-corrected chi connectivity index (χ3v) is 3.65. The molecule has 0 saturated carbocycles. The lowest BCUT2D eigenvalue weighted by molar-refractivity contribution is -0.164. The Labute approximate surface area is 113 Å². The first-order valence-corrected chi connectivity index (χ1v) is 6.38. The van der Waals surface area contributed by atoms with Gasteiger partial charge in [0, 0.05) is 45.4 Å². The van der Waals surface area contributed by atoms with Gasteiger partial charge >= 0.3 is 5.97 Å². The van der Waals surface area contributed by atoms with Crippen LogP contribution in [0.4, 0.5) is 5.95 Å². The van der Waals surface area contributed by atoms with Crippen molar-refractivity contribution in [1.82, 2.24) is 9.97 Å². The number of aromatic nitrogens is 2. The second kappa shape index (κ2) is 5.19. The molecule has 0 spiro atoms. The minimum Gasteiger partial charge on any atom is -0.479 e. The standard InChI is InChI=1S/C11H14BrN3O3/c1-18-11(9(16)17)2-4-15(5-3-11)10-13-6-8(12)7-14-10/h6-7H,2-5H2,1H3,(H,16,17). The summed E-state index contributed by atoms with van der Waals surface area (Å²) < 4.78 is 5.99. The predicted octanol–water partition coefficient (Wildman–Crippen LogP) is 1.31. The first-order chi connectivity index (χ1) is 8.57. The summed E-state index contributed by atoms with van der Waals surface area (Å²) in [4.78, 5) is 21.6. The number of methoxy groups -OCH3 is 1. The summed E-state index contributed by atoms with van der Waals surface area (Å²) in [6.07, 6.45) is 4.21. The number of carbonyl (C=O) groups is 1. The summed E-state index contributed by atoms with van der Waals surface area (Å²) >= 11 is 3.28. The average molecular weight is 316 g/mol. The molecule has 1 aliphatic rings. The molecule has 2 heterocycles. The maximum Gasteiger partial charge on any atom is 0.336 e. The summed E-state index contributed by atoms with van der Waals surface area (Å²) in [5, 5.41) is 9.20. The molecule has 1 fully saturated rings. The highest BCUT2D eigenvalue weighted by Crippen LogP contribution is 2.27. The van der Waals surface area contributed by atoms with Gasteiger partial charge in [0.25, 0.3) is 0 Å². The van der Waals surface area contributed by atoms with Crippen LogP contribution >= 0.6 is 15.9 Å². The van der Waals surface area contributed by atoms with Crippen molar-refractivity contribution in [3.05, 3.63) is 16.9 Å². The molecule has 6 nitrogen and oxygen atoms in total. The smallest absolute Gasteiger partial charge is 0.336 e. The van der Waals surface area contributed by atoms with Crippen LogP contribution in [-0.4, -0.2) is 46.8 Å². The monoisotopic (exact) mass is 315 g/mol. The van der Waals surface area contributed by atoms with E-state index in [1.54, 1.807) is 12.4 Å². The molecule has 1 aromatic heterocycles. The Kier molecular flexibility index (Phi) is 3.82. The fourth-order valence-corrected chi connectivity index (χ4v) is 2.25. The Hall–Kier alpha value is -1.21. The molecule has 0 amide bonds. The van der Waals surface area contributed by atoms with Gasteiger partial charge in [-0.2, -0.15) is 0 Å². The minimum atomic E-state index is -1.06. The van der Waals surface area contributed by atoms with Crippen molar-refractivity contribution in [2.24, 2.45) is 0 Å². The van der Waals surface area contributed by atoms with Gasteiger partial charge in [0.1, 0.15) is 0 Å². The van der Waals surface area contributed by atoms with Crippen molar-refractivity contribution in [1.29, 1.82) is 0 Å². The van der Waals surface area contributed by atoms with Gasteiger partial charge in [0.2, 0.25) is 5.95 Å². The number of nitrogens with zero attached hydrogens (tertiary/aromatic N) is 3. The topological polar surface area (TPSA) is 75.6 Å². The maximum atomic E-state index is 11.2. The molecule has 1 saturated heterocycles. The van der Waals surface area contributed by atoms with Crippen LogP contribution in [0.2, 0.25) is 0 Å². The number of aliphatic carboxylic acids is 1. The van der Waals surface area contributed by atoms with Crippen molar-refractivity contribution in [3.63, 3.8) is 0 Å². The highest BCUT2D eigenvalue weighted by Gasteiger charge is 2.42. The van der Waals surface area contributed by atoms with E-state index in [-0.39, 0.29) is 0 Å². The van der Waals surface area contributed by atoms with Crippen LogP contribution in [0.3, 0.4) is 0 Å². The van der Waals surface area contributed by atoms with Gasteiger partial charge in [0.15, 0.2) is 5.60 Å². The van der Waals surface area contributed by atoms with Gasteiger partial charge < -0.3 is 14.7 Å². The molecule has 7 heteroatoms. The number of hydrogen-bond donors (Lipinski definition) is 1. The molecule has 0 aromatic carbocycles. The van der Waals surface area contributed by atoms with Crippen LogP contribution in [0.15, 0.2) is 16.9 Å². The maximum absolute atomic E-state index is 11.2. The number of halogens is 1. The van der Waals surface area contributed by atoms with Crippen molar-refractivity contribution in [2.75, 3.05) is 25.1 Å². The summed E-state index contributed by atoms with van der Waals surface area (Å²) in [6.45, 7) is 1.14. The third-order valence-electron chi connectivity index (χ3n) is 3.24. The van der Waals surface area contributed by atoms with Crippen LogP contribution in [-0.2, 0) is 9.53 Å². The molecule has 1 aliphatic heterocycles. The molecule has 98 valence electrons. The molecule has 0 aliphatic carbocycles. The number of ether oxygens (including phenoxy) is 1. The van der Waals surface area contributed by atoms with E-state index in [1.807, 2.05) is 4.90 Å². The largest absolute Gasteiger partial charge is 0.479 e. The SMILES string of the molecule is COC1(C(=O)O)CCN(c2ncc(Br)cn2)CC1. The van der Waals surface area contributed by atoms with Crippen LogP contribution < -0.4 is 4.90 Å². The zero-order valence-corrected chi connectivity index (χ0v) is 11.6. The van der Waals surface area contributed by atoms with Crippen LogP contribution in [0.25, 0.3) is 0 Å². The lowest BCUT2D eigenvalue weighted by atomic mass is 9.91. The number of hydrogen-bond acceptors (Lipinski definition) is 5. The van der Waals surface area contributed by atoms with E-state index in [4.69, 9.17) is 4.74 Å². The zero-order chi connectivity index (χ0) is 13.2.